The van der Waals surface area contributed by atoms with Gasteiger partial charge in [0, 0.05) is 25.8 Å². The van der Waals surface area contributed by atoms with Crippen molar-refractivity contribution in [2.24, 2.45) is 7.05 Å². The normalized spacial score (nSPS) is 15.5. The van der Waals surface area contributed by atoms with Gasteiger partial charge < -0.3 is 5.32 Å². The van der Waals surface area contributed by atoms with Gasteiger partial charge in [-0.3, -0.25) is 4.68 Å². The first kappa shape index (κ1) is 11.0. The third kappa shape index (κ3) is 2.97. The highest BCUT2D eigenvalue weighted by molar-refractivity contribution is 9.10. The number of aryl methyl sites for hydroxylation is 1. The molecule has 0 unspecified atom stereocenters. The summed E-state index contributed by atoms with van der Waals surface area (Å²) in [5.41, 5.74) is 1.10. The van der Waals surface area contributed by atoms with Crippen LogP contribution >= 0.6 is 28.3 Å². The number of nitrogens with zero attached hydrogens (tertiary/aromatic N) is 2. The minimum atomic E-state index is 0. The fourth-order valence-corrected chi connectivity index (χ4v) is 1.67. The van der Waals surface area contributed by atoms with Crippen molar-refractivity contribution in [3.63, 3.8) is 0 Å². The monoisotopic (exact) mass is 265 g/mol. The number of halogens is 2. The third-order valence-corrected chi connectivity index (χ3v) is 2.65. The summed E-state index contributed by atoms with van der Waals surface area (Å²) in [7, 11) is 1.94. The van der Waals surface area contributed by atoms with Crippen LogP contribution in [0.1, 0.15) is 18.5 Å². The van der Waals surface area contributed by atoms with Crippen molar-refractivity contribution in [3.05, 3.63) is 16.4 Å². The van der Waals surface area contributed by atoms with Gasteiger partial charge in [0.2, 0.25) is 0 Å². The molecule has 13 heavy (non-hydrogen) atoms. The predicted octanol–water partition coefficient (Wildman–Crippen LogP) is 1.86. The molecule has 0 aliphatic heterocycles. The quantitative estimate of drug-likeness (QED) is 0.905. The molecule has 5 heteroatoms. The molecule has 0 bridgehead atoms. The van der Waals surface area contributed by atoms with Crippen LogP contribution in [-0.4, -0.2) is 15.8 Å². The SMILES string of the molecule is Cl.Cn1cc(Br)c(CNC2CC2)n1. The van der Waals surface area contributed by atoms with E-state index in [4.69, 9.17) is 0 Å². The average Bonchev–Trinajstić information content (AvgIpc) is 2.76. The number of nitrogens with one attached hydrogen (secondary N) is 1. The summed E-state index contributed by atoms with van der Waals surface area (Å²) in [6.45, 7) is 0.881. The summed E-state index contributed by atoms with van der Waals surface area (Å²) in [6, 6.07) is 0.749. The number of aromatic nitrogens is 2. The Kier molecular flexibility index (Phi) is 3.76. The van der Waals surface area contributed by atoms with Gasteiger partial charge >= 0.3 is 0 Å². The Morgan fingerprint density at radius 1 is 1.69 bits per heavy atom. The van der Waals surface area contributed by atoms with Crippen LogP contribution < -0.4 is 5.32 Å². The van der Waals surface area contributed by atoms with Gasteiger partial charge in [-0.05, 0) is 28.8 Å². The highest BCUT2D eigenvalue weighted by atomic mass is 79.9. The van der Waals surface area contributed by atoms with Crippen LogP contribution in [0.25, 0.3) is 0 Å². The van der Waals surface area contributed by atoms with Crippen molar-refractivity contribution in [1.82, 2.24) is 15.1 Å². The van der Waals surface area contributed by atoms with Crippen LogP contribution in [0.15, 0.2) is 10.7 Å². The van der Waals surface area contributed by atoms with E-state index in [0.717, 1.165) is 22.8 Å². The zero-order chi connectivity index (χ0) is 8.55. The van der Waals surface area contributed by atoms with Gasteiger partial charge in [-0.15, -0.1) is 12.4 Å². The topological polar surface area (TPSA) is 29.9 Å². The maximum Gasteiger partial charge on any atom is 0.0904 e. The van der Waals surface area contributed by atoms with Crippen molar-refractivity contribution in [3.8, 4) is 0 Å². The zero-order valence-corrected chi connectivity index (χ0v) is 9.86. The smallest absolute Gasteiger partial charge is 0.0904 e. The standard InChI is InChI=1S/C8H12BrN3.ClH/c1-12-5-7(9)8(11-12)4-10-6-2-3-6;/h5-6,10H,2-4H2,1H3;1H. The average molecular weight is 267 g/mol. The Morgan fingerprint density at radius 2 is 2.38 bits per heavy atom. The molecule has 1 saturated carbocycles. The minimum absolute atomic E-state index is 0. The molecule has 0 radical (unpaired) electrons. The van der Waals surface area contributed by atoms with Gasteiger partial charge in [-0.1, -0.05) is 0 Å². The van der Waals surface area contributed by atoms with Gasteiger partial charge in [0.15, 0.2) is 0 Å². The maximum absolute atomic E-state index is 4.32. The second kappa shape index (κ2) is 4.44. The molecule has 1 aliphatic rings. The molecule has 0 saturated heterocycles. The summed E-state index contributed by atoms with van der Waals surface area (Å²) < 4.78 is 2.92. The lowest BCUT2D eigenvalue weighted by atomic mass is 10.4. The Morgan fingerprint density at radius 3 is 2.85 bits per heavy atom. The fraction of sp³-hybridized carbons (Fsp3) is 0.625. The van der Waals surface area contributed by atoms with E-state index in [9.17, 15) is 0 Å². The summed E-state index contributed by atoms with van der Waals surface area (Å²) in [6.07, 6.45) is 4.62. The minimum Gasteiger partial charge on any atom is -0.308 e. The Bertz CT molecular complexity index is 283. The second-order valence-corrected chi connectivity index (χ2v) is 4.11. The van der Waals surface area contributed by atoms with Gasteiger partial charge in [0.1, 0.15) is 0 Å². The van der Waals surface area contributed by atoms with Crippen LogP contribution in [0.2, 0.25) is 0 Å². The van der Waals surface area contributed by atoms with Gasteiger partial charge in [0.05, 0.1) is 10.2 Å². The summed E-state index contributed by atoms with van der Waals surface area (Å²) >= 11 is 3.46. The lowest BCUT2D eigenvalue weighted by molar-refractivity contribution is 0.651. The molecular formula is C8H13BrClN3. The van der Waals surface area contributed by atoms with Crippen molar-refractivity contribution >= 4 is 28.3 Å². The predicted molar refractivity (Wildman–Crippen MR) is 58.0 cm³/mol. The Labute approximate surface area is 92.4 Å². The van der Waals surface area contributed by atoms with Crippen LogP contribution in [0, 0.1) is 0 Å². The third-order valence-electron chi connectivity index (χ3n) is 1.99. The van der Waals surface area contributed by atoms with E-state index in [-0.39, 0.29) is 12.4 Å². The van der Waals surface area contributed by atoms with Crippen molar-refractivity contribution in [2.45, 2.75) is 25.4 Å². The molecule has 74 valence electrons. The Hall–Kier alpha value is -0.0600. The van der Waals surface area contributed by atoms with Crippen molar-refractivity contribution < 1.29 is 0 Å². The van der Waals surface area contributed by atoms with E-state index in [0.29, 0.717) is 0 Å². The van der Waals surface area contributed by atoms with Crippen molar-refractivity contribution in [1.29, 1.82) is 0 Å². The molecule has 1 heterocycles. The molecule has 1 aromatic rings. The molecule has 0 aromatic carbocycles. The first-order chi connectivity index (χ1) is 5.75. The van der Waals surface area contributed by atoms with E-state index in [2.05, 4.69) is 26.3 Å². The molecule has 1 fully saturated rings. The summed E-state index contributed by atoms with van der Waals surface area (Å²) in [4.78, 5) is 0. The van der Waals surface area contributed by atoms with Gasteiger partial charge in [-0.25, -0.2) is 0 Å². The fourth-order valence-electron chi connectivity index (χ4n) is 1.15. The number of hydrogen-bond donors (Lipinski definition) is 1. The molecule has 1 aromatic heterocycles. The van der Waals surface area contributed by atoms with E-state index in [1.165, 1.54) is 12.8 Å². The largest absolute Gasteiger partial charge is 0.308 e. The summed E-state index contributed by atoms with van der Waals surface area (Å²) in [5, 5.41) is 7.74. The molecule has 0 amide bonds. The lowest BCUT2D eigenvalue weighted by Gasteiger charge is -1.98. The van der Waals surface area contributed by atoms with Crippen LogP contribution in [0.4, 0.5) is 0 Å². The first-order valence-electron chi connectivity index (χ1n) is 4.17. The van der Waals surface area contributed by atoms with Crippen LogP contribution in [-0.2, 0) is 13.6 Å². The molecule has 0 spiro atoms. The zero-order valence-electron chi connectivity index (χ0n) is 7.46. The van der Waals surface area contributed by atoms with E-state index < -0.39 is 0 Å². The van der Waals surface area contributed by atoms with E-state index in [1.54, 1.807) is 0 Å². The van der Waals surface area contributed by atoms with Crippen molar-refractivity contribution in [2.75, 3.05) is 0 Å². The van der Waals surface area contributed by atoms with E-state index >= 15 is 0 Å². The molecule has 0 atom stereocenters. The molecule has 2 rings (SSSR count). The molecular weight excluding hydrogens is 253 g/mol. The summed E-state index contributed by atoms with van der Waals surface area (Å²) in [5.74, 6) is 0. The van der Waals surface area contributed by atoms with Crippen LogP contribution in [0.3, 0.4) is 0 Å². The van der Waals surface area contributed by atoms with E-state index in [1.807, 2.05) is 17.9 Å². The molecule has 1 N–H and O–H groups in total. The Balaban J connectivity index is 0.000000845. The van der Waals surface area contributed by atoms with Crippen LogP contribution in [0.5, 0.6) is 0 Å². The highest BCUT2D eigenvalue weighted by Crippen LogP contribution is 2.20. The highest BCUT2D eigenvalue weighted by Gasteiger charge is 2.20. The molecule has 3 nitrogen and oxygen atoms in total. The van der Waals surface area contributed by atoms with Gasteiger partial charge in [-0.2, -0.15) is 5.10 Å². The number of hydrogen-bond acceptors (Lipinski definition) is 2. The maximum atomic E-state index is 4.32. The first-order valence-corrected chi connectivity index (χ1v) is 4.96. The number of rotatable bonds is 3. The second-order valence-electron chi connectivity index (χ2n) is 3.25. The van der Waals surface area contributed by atoms with Gasteiger partial charge in [0.25, 0.3) is 0 Å². The lowest BCUT2D eigenvalue weighted by Crippen LogP contribution is -2.16. The molecule has 1 aliphatic carbocycles.